The Hall–Kier alpha value is -0.160. The summed E-state index contributed by atoms with van der Waals surface area (Å²) in [6.07, 6.45) is 3.76. The molecule has 2 aliphatic carbocycles. The molecule has 6 atom stereocenters. The van der Waals surface area contributed by atoms with Gasteiger partial charge in [0.05, 0.1) is 19.3 Å². The standard InChI is InChI=1S/C17H30O4/c1-11(10-18)13-4-5-16(3)6-7-17(20-8-9-21-17)12(2)14(16)15(13)19/h11-15,18-19H,4-10H2,1-3H3/t11-,12+,13+,14+,15+,16+/m1/s1. The molecule has 0 amide bonds. The maximum Gasteiger partial charge on any atom is 0.171 e. The molecular weight excluding hydrogens is 268 g/mol. The van der Waals surface area contributed by atoms with Gasteiger partial charge in [0.1, 0.15) is 0 Å². The lowest BCUT2D eigenvalue weighted by molar-refractivity contribution is -0.266. The molecule has 0 aromatic rings. The second-order valence-corrected chi connectivity index (χ2v) is 7.83. The molecule has 1 saturated heterocycles. The first-order chi connectivity index (χ1) is 9.93. The largest absolute Gasteiger partial charge is 0.396 e. The fraction of sp³-hybridized carbons (Fsp3) is 1.00. The van der Waals surface area contributed by atoms with Crippen molar-refractivity contribution in [3.05, 3.63) is 0 Å². The Morgan fingerprint density at radius 3 is 2.48 bits per heavy atom. The van der Waals surface area contributed by atoms with Crippen molar-refractivity contribution in [2.75, 3.05) is 19.8 Å². The first kappa shape index (κ1) is 15.7. The van der Waals surface area contributed by atoms with Crippen LogP contribution in [0.4, 0.5) is 0 Å². The molecular formula is C17H30O4. The summed E-state index contributed by atoms with van der Waals surface area (Å²) in [7, 11) is 0. The number of ether oxygens (including phenoxy) is 2. The highest BCUT2D eigenvalue weighted by molar-refractivity contribution is 5.05. The van der Waals surface area contributed by atoms with Crippen molar-refractivity contribution >= 4 is 0 Å². The predicted molar refractivity (Wildman–Crippen MR) is 79.6 cm³/mol. The Kier molecular flexibility index (Phi) is 4.11. The molecule has 3 fully saturated rings. The maximum atomic E-state index is 11.0. The zero-order chi connectivity index (χ0) is 15.3. The summed E-state index contributed by atoms with van der Waals surface area (Å²) in [5.41, 5.74) is 0.172. The maximum absolute atomic E-state index is 11.0. The number of fused-ring (bicyclic) bond motifs is 1. The third-order valence-corrected chi connectivity index (χ3v) is 6.73. The van der Waals surface area contributed by atoms with E-state index in [4.69, 9.17) is 9.47 Å². The minimum Gasteiger partial charge on any atom is -0.396 e. The fourth-order valence-electron chi connectivity index (χ4n) is 5.30. The lowest BCUT2D eigenvalue weighted by Gasteiger charge is -2.58. The van der Waals surface area contributed by atoms with E-state index in [0.29, 0.717) is 13.2 Å². The summed E-state index contributed by atoms with van der Waals surface area (Å²) in [5, 5.41) is 20.5. The SMILES string of the molecule is C[C@H](CO)[C@@H]1CC[C@@]2(C)CCC3(OCCO3)[C@@H](C)[C@H]2[C@H]1O. The third kappa shape index (κ3) is 2.35. The number of rotatable bonds is 2. The van der Waals surface area contributed by atoms with E-state index >= 15 is 0 Å². The predicted octanol–water partition coefficient (Wildman–Crippen LogP) is 2.18. The summed E-state index contributed by atoms with van der Waals surface area (Å²) in [6, 6.07) is 0. The molecule has 0 bridgehead atoms. The molecule has 21 heavy (non-hydrogen) atoms. The van der Waals surface area contributed by atoms with Gasteiger partial charge < -0.3 is 19.7 Å². The molecule has 1 spiro atoms. The highest BCUT2D eigenvalue weighted by Crippen LogP contribution is 2.59. The molecule has 0 unspecified atom stereocenters. The molecule has 0 radical (unpaired) electrons. The Morgan fingerprint density at radius 2 is 1.86 bits per heavy atom. The second kappa shape index (κ2) is 5.48. The molecule has 0 aromatic heterocycles. The van der Waals surface area contributed by atoms with Gasteiger partial charge >= 0.3 is 0 Å². The summed E-state index contributed by atoms with van der Waals surface area (Å²) >= 11 is 0. The van der Waals surface area contributed by atoms with Crippen molar-refractivity contribution < 1.29 is 19.7 Å². The Labute approximate surface area is 127 Å². The van der Waals surface area contributed by atoms with E-state index < -0.39 is 5.79 Å². The van der Waals surface area contributed by atoms with Crippen molar-refractivity contribution in [2.45, 2.75) is 58.3 Å². The molecule has 3 rings (SSSR count). The van der Waals surface area contributed by atoms with Gasteiger partial charge in [0, 0.05) is 18.9 Å². The Morgan fingerprint density at radius 1 is 1.19 bits per heavy atom. The molecule has 4 nitrogen and oxygen atoms in total. The fourth-order valence-corrected chi connectivity index (χ4v) is 5.30. The quantitative estimate of drug-likeness (QED) is 0.820. The van der Waals surface area contributed by atoms with Crippen LogP contribution in [0.15, 0.2) is 0 Å². The smallest absolute Gasteiger partial charge is 0.171 e. The summed E-state index contributed by atoms with van der Waals surface area (Å²) < 4.78 is 12.0. The lowest BCUT2D eigenvalue weighted by atomic mass is 9.51. The van der Waals surface area contributed by atoms with Crippen LogP contribution in [0.2, 0.25) is 0 Å². The van der Waals surface area contributed by atoms with Crippen LogP contribution in [-0.2, 0) is 9.47 Å². The molecule has 0 aromatic carbocycles. The van der Waals surface area contributed by atoms with Gasteiger partial charge in [-0.05, 0) is 42.4 Å². The molecule has 1 aliphatic heterocycles. The molecule has 2 saturated carbocycles. The van der Waals surface area contributed by atoms with Crippen molar-refractivity contribution in [3.8, 4) is 0 Å². The van der Waals surface area contributed by atoms with Gasteiger partial charge in [-0.15, -0.1) is 0 Å². The van der Waals surface area contributed by atoms with E-state index in [1.165, 1.54) is 0 Å². The highest BCUT2D eigenvalue weighted by atomic mass is 16.7. The van der Waals surface area contributed by atoms with Crippen molar-refractivity contribution in [1.29, 1.82) is 0 Å². The Balaban J connectivity index is 1.87. The minimum absolute atomic E-state index is 0.150. The van der Waals surface area contributed by atoms with Crippen LogP contribution in [0.5, 0.6) is 0 Å². The van der Waals surface area contributed by atoms with Gasteiger partial charge in [0.25, 0.3) is 0 Å². The van der Waals surface area contributed by atoms with E-state index in [2.05, 4.69) is 13.8 Å². The normalized spacial score (nSPS) is 47.3. The van der Waals surface area contributed by atoms with E-state index in [9.17, 15) is 10.2 Å². The molecule has 3 aliphatic rings. The monoisotopic (exact) mass is 298 g/mol. The molecule has 2 N–H and O–H groups in total. The van der Waals surface area contributed by atoms with Gasteiger partial charge in [0.2, 0.25) is 0 Å². The van der Waals surface area contributed by atoms with Crippen LogP contribution in [0.25, 0.3) is 0 Å². The Bertz CT molecular complexity index is 379. The van der Waals surface area contributed by atoms with Crippen LogP contribution in [0, 0.1) is 29.1 Å². The van der Waals surface area contributed by atoms with E-state index in [-0.39, 0.29) is 41.8 Å². The third-order valence-electron chi connectivity index (χ3n) is 6.73. The zero-order valence-corrected chi connectivity index (χ0v) is 13.5. The average molecular weight is 298 g/mol. The molecule has 122 valence electrons. The van der Waals surface area contributed by atoms with Crippen LogP contribution in [0.1, 0.15) is 46.5 Å². The number of hydrogen-bond donors (Lipinski definition) is 2. The first-order valence-electron chi connectivity index (χ1n) is 8.50. The first-order valence-corrected chi connectivity index (χ1v) is 8.50. The van der Waals surface area contributed by atoms with Crippen LogP contribution in [-0.4, -0.2) is 41.9 Å². The van der Waals surface area contributed by atoms with Crippen LogP contribution >= 0.6 is 0 Å². The van der Waals surface area contributed by atoms with Gasteiger partial charge in [-0.3, -0.25) is 0 Å². The van der Waals surface area contributed by atoms with Gasteiger partial charge in [0.15, 0.2) is 5.79 Å². The number of aliphatic hydroxyl groups is 2. The molecule has 1 heterocycles. The van der Waals surface area contributed by atoms with Crippen molar-refractivity contribution in [2.24, 2.45) is 29.1 Å². The zero-order valence-electron chi connectivity index (χ0n) is 13.5. The van der Waals surface area contributed by atoms with E-state index in [1.807, 2.05) is 6.92 Å². The summed E-state index contributed by atoms with van der Waals surface area (Å²) in [5.74, 6) is 0.252. The molecule has 4 heteroatoms. The van der Waals surface area contributed by atoms with Crippen LogP contribution in [0.3, 0.4) is 0 Å². The van der Waals surface area contributed by atoms with Gasteiger partial charge in [-0.25, -0.2) is 0 Å². The van der Waals surface area contributed by atoms with Crippen molar-refractivity contribution in [1.82, 2.24) is 0 Å². The van der Waals surface area contributed by atoms with E-state index in [1.54, 1.807) is 0 Å². The minimum atomic E-state index is -0.477. The van der Waals surface area contributed by atoms with Crippen molar-refractivity contribution in [3.63, 3.8) is 0 Å². The topological polar surface area (TPSA) is 58.9 Å². The van der Waals surface area contributed by atoms with Gasteiger partial charge in [-0.2, -0.15) is 0 Å². The van der Waals surface area contributed by atoms with Crippen LogP contribution < -0.4 is 0 Å². The second-order valence-electron chi connectivity index (χ2n) is 7.83. The number of aliphatic hydroxyl groups excluding tert-OH is 2. The number of hydrogen-bond acceptors (Lipinski definition) is 4. The van der Waals surface area contributed by atoms with Gasteiger partial charge in [-0.1, -0.05) is 20.8 Å². The summed E-state index contributed by atoms with van der Waals surface area (Å²) in [6.45, 7) is 8.03. The summed E-state index contributed by atoms with van der Waals surface area (Å²) in [4.78, 5) is 0. The average Bonchev–Trinajstić information content (AvgIpc) is 2.93. The lowest BCUT2D eigenvalue weighted by Crippen LogP contribution is -2.59. The van der Waals surface area contributed by atoms with E-state index in [0.717, 1.165) is 25.7 Å². The highest BCUT2D eigenvalue weighted by Gasteiger charge is 2.59.